The predicted molar refractivity (Wildman–Crippen MR) is 102 cm³/mol. The summed E-state index contributed by atoms with van der Waals surface area (Å²) in [6, 6.07) is 5.18. The van der Waals surface area contributed by atoms with E-state index < -0.39 is 23.1 Å². The largest absolute Gasteiger partial charge is 0.493 e. The number of nitrogens with one attached hydrogen (secondary N) is 3. The summed E-state index contributed by atoms with van der Waals surface area (Å²) < 4.78 is 16.1. The summed E-state index contributed by atoms with van der Waals surface area (Å²) in [5, 5.41) is 2.93. The Balaban J connectivity index is 2.36. The predicted octanol–water partition coefficient (Wildman–Crippen LogP) is 1.47. The Kier molecular flexibility index (Phi) is 5.25. The number of hydrogen-bond acceptors (Lipinski definition) is 7. The zero-order valence-electron chi connectivity index (χ0n) is 16.0. The van der Waals surface area contributed by atoms with Gasteiger partial charge in [-0.2, -0.15) is 0 Å². The highest BCUT2D eigenvalue weighted by Gasteiger charge is 2.38. The van der Waals surface area contributed by atoms with Crippen molar-refractivity contribution in [3.05, 3.63) is 61.4 Å². The molecule has 0 saturated heterocycles. The Labute approximate surface area is 160 Å². The molecule has 0 saturated carbocycles. The van der Waals surface area contributed by atoms with Crippen molar-refractivity contribution >= 4 is 11.8 Å². The van der Waals surface area contributed by atoms with Crippen LogP contribution in [0.25, 0.3) is 0 Å². The van der Waals surface area contributed by atoms with Gasteiger partial charge in [0, 0.05) is 11.3 Å². The van der Waals surface area contributed by atoms with Crippen LogP contribution in [0.5, 0.6) is 11.5 Å². The second-order valence-electron chi connectivity index (χ2n) is 6.10. The van der Waals surface area contributed by atoms with Gasteiger partial charge in [-0.25, -0.2) is 9.59 Å². The second-order valence-corrected chi connectivity index (χ2v) is 6.10. The topological polar surface area (TPSA) is 123 Å². The molecule has 148 valence electrons. The van der Waals surface area contributed by atoms with Crippen LogP contribution in [0, 0.1) is 0 Å². The molecular formula is C19H21N3O6. The molecule has 9 heteroatoms. The zero-order valence-corrected chi connectivity index (χ0v) is 16.0. The molecular weight excluding hydrogens is 366 g/mol. The van der Waals surface area contributed by atoms with Gasteiger partial charge in [0.2, 0.25) is 0 Å². The first-order valence-electron chi connectivity index (χ1n) is 8.65. The number of ether oxygens (including phenoxy) is 3. The average molecular weight is 387 g/mol. The quantitative estimate of drug-likeness (QED) is 0.664. The van der Waals surface area contributed by atoms with Crippen LogP contribution in [0.2, 0.25) is 0 Å². The maximum Gasteiger partial charge on any atom is 0.336 e. The number of rotatable bonds is 5. The van der Waals surface area contributed by atoms with E-state index in [4.69, 9.17) is 14.2 Å². The molecule has 0 amide bonds. The summed E-state index contributed by atoms with van der Waals surface area (Å²) in [5.74, 6) is -0.362. The highest BCUT2D eigenvalue weighted by molar-refractivity contribution is 5.94. The molecule has 1 unspecified atom stereocenters. The average Bonchev–Trinajstić information content (AvgIpc) is 2.65. The summed E-state index contributed by atoms with van der Waals surface area (Å²) in [7, 11) is 2.97. The first-order valence-corrected chi connectivity index (χ1v) is 8.65. The van der Waals surface area contributed by atoms with Crippen LogP contribution in [-0.4, -0.2) is 36.8 Å². The van der Waals surface area contributed by atoms with Crippen LogP contribution in [0.4, 0.5) is 5.82 Å². The van der Waals surface area contributed by atoms with Gasteiger partial charge in [-0.1, -0.05) is 12.1 Å². The normalized spacial score (nSPS) is 15.5. The summed E-state index contributed by atoms with van der Waals surface area (Å²) in [4.78, 5) is 42.0. The van der Waals surface area contributed by atoms with Crippen LogP contribution in [-0.2, 0) is 9.53 Å². The number of benzene rings is 1. The molecule has 2 heterocycles. The molecule has 0 bridgehead atoms. The van der Waals surface area contributed by atoms with Gasteiger partial charge >= 0.3 is 11.7 Å². The van der Waals surface area contributed by atoms with Crippen molar-refractivity contribution in [2.45, 2.75) is 19.8 Å². The zero-order chi connectivity index (χ0) is 20.4. The summed E-state index contributed by atoms with van der Waals surface area (Å²) in [5.41, 5.74) is 0.153. The minimum absolute atomic E-state index is 0.173. The molecule has 1 aliphatic heterocycles. The lowest BCUT2D eigenvalue weighted by Gasteiger charge is -2.29. The smallest absolute Gasteiger partial charge is 0.336 e. The van der Waals surface area contributed by atoms with Crippen molar-refractivity contribution in [1.82, 2.24) is 9.97 Å². The summed E-state index contributed by atoms with van der Waals surface area (Å²) in [6.45, 7) is 3.55. The van der Waals surface area contributed by atoms with Crippen molar-refractivity contribution in [2.75, 3.05) is 26.1 Å². The summed E-state index contributed by atoms with van der Waals surface area (Å²) >= 11 is 0. The third kappa shape index (κ3) is 3.15. The minimum Gasteiger partial charge on any atom is -0.493 e. The van der Waals surface area contributed by atoms with Crippen molar-refractivity contribution < 1.29 is 19.0 Å². The van der Waals surface area contributed by atoms with E-state index in [1.165, 1.54) is 14.2 Å². The second kappa shape index (κ2) is 7.63. The van der Waals surface area contributed by atoms with Crippen LogP contribution in [0.3, 0.4) is 0 Å². The van der Waals surface area contributed by atoms with E-state index in [0.717, 1.165) is 0 Å². The van der Waals surface area contributed by atoms with E-state index in [9.17, 15) is 14.4 Å². The number of methoxy groups -OCH3 is 2. The Bertz CT molecular complexity index is 1070. The number of aromatic nitrogens is 2. The van der Waals surface area contributed by atoms with Crippen LogP contribution < -0.4 is 26.0 Å². The number of aromatic amines is 2. The molecule has 0 fully saturated rings. The molecule has 0 spiro atoms. The lowest BCUT2D eigenvalue weighted by molar-refractivity contribution is -0.138. The standard InChI is InChI=1S/C19H21N3O6/c1-5-28-18(24)12-9(2)20-16-14(17(23)22-19(25)21-16)13(12)10-7-6-8-11(26-3)15(10)27-4/h6-8,13H,5H2,1-4H3,(H3,20,21,22,23,25). The van der Waals surface area contributed by atoms with Crippen molar-refractivity contribution in [2.24, 2.45) is 0 Å². The number of H-pyrrole nitrogens is 2. The van der Waals surface area contributed by atoms with Crippen LogP contribution >= 0.6 is 0 Å². The number of hydrogen-bond donors (Lipinski definition) is 3. The monoisotopic (exact) mass is 387 g/mol. The van der Waals surface area contributed by atoms with Crippen LogP contribution in [0.1, 0.15) is 30.9 Å². The molecule has 28 heavy (non-hydrogen) atoms. The lowest BCUT2D eigenvalue weighted by Crippen LogP contribution is -2.35. The van der Waals surface area contributed by atoms with Gasteiger partial charge < -0.3 is 19.5 Å². The molecule has 0 aliphatic carbocycles. The molecule has 9 nitrogen and oxygen atoms in total. The molecule has 1 atom stereocenters. The fourth-order valence-corrected chi connectivity index (χ4v) is 3.42. The molecule has 1 aromatic carbocycles. The van der Waals surface area contributed by atoms with Gasteiger partial charge in [0.15, 0.2) is 11.5 Å². The highest BCUT2D eigenvalue weighted by Crippen LogP contribution is 2.45. The Morgan fingerprint density at radius 2 is 1.89 bits per heavy atom. The number of carbonyl (C=O) groups excluding carboxylic acids is 1. The fraction of sp³-hybridized carbons (Fsp3) is 0.316. The van der Waals surface area contributed by atoms with E-state index in [-0.39, 0.29) is 23.6 Å². The van der Waals surface area contributed by atoms with E-state index in [1.807, 2.05) is 0 Å². The number of esters is 1. The van der Waals surface area contributed by atoms with Gasteiger partial charge in [-0.15, -0.1) is 0 Å². The fourth-order valence-electron chi connectivity index (χ4n) is 3.42. The van der Waals surface area contributed by atoms with Crippen LogP contribution in [0.15, 0.2) is 39.1 Å². The van der Waals surface area contributed by atoms with E-state index in [0.29, 0.717) is 22.8 Å². The molecule has 3 rings (SSSR count). The van der Waals surface area contributed by atoms with Gasteiger partial charge in [0.25, 0.3) is 5.56 Å². The van der Waals surface area contributed by atoms with E-state index in [1.54, 1.807) is 32.0 Å². The van der Waals surface area contributed by atoms with Crippen molar-refractivity contribution in [3.8, 4) is 11.5 Å². The number of carbonyl (C=O) groups is 1. The third-order valence-electron chi connectivity index (χ3n) is 4.51. The SMILES string of the molecule is CCOC(=O)C1=C(C)Nc2[nH]c(=O)[nH]c(=O)c2C1c1cccc(OC)c1OC. The van der Waals surface area contributed by atoms with Gasteiger partial charge in [0.1, 0.15) is 5.82 Å². The Hall–Kier alpha value is -3.49. The Morgan fingerprint density at radius 1 is 1.14 bits per heavy atom. The molecule has 0 radical (unpaired) electrons. The first kappa shape index (κ1) is 19.3. The molecule has 2 aromatic rings. The van der Waals surface area contributed by atoms with Gasteiger partial charge in [-0.05, 0) is 19.9 Å². The highest BCUT2D eigenvalue weighted by atomic mass is 16.5. The number of anilines is 1. The van der Waals surface area contributed by atoms with Crippen molar-refractivity contribution in [1.29, 1.82) is 0 Å². The van der Waals surface area contributed by atoms with E-state index >= 15 is 0 Å². The molecule has 1 aromatic heterocycles. The number of fused-ring (bicyclic) bond motifs is 1. The molecule has 3 N–H and O–H groups in total. The summed E-state index contributed by atoms with van der Waals surface area (Å²) in [6.07, 6.45) is 0. The van der Waals surface area contributed by atoms with E-state index in [2.05, 4.69) is 15.3 Å². The molecule has 1 aliphatic rings. The maximum atomic E-state index is 12.8. The van der Waals surface area contributed by atoms with Crippen molar-refractivity contribution in [3.63, 3.8) is 0 Å². The van der Waals surface area contributed by atoms with Gasteiger partial charge in [0.05, 0.1) is 37.9 Å². The Morgan fingerprint density at radius 3 is 2.54 bits per heavy atom. The van der Waals surface area contributed by atoms with Gasteiger partial charge in [-0.3, -0.25) is 14.8 Å². The minimum atomic E-state index is -0.832. The maximum absolute atomic E-state index is 12.8. The lowest BCUT2D eigenvalue weighted by atomic mass is 9.81. The first-order chi connectivity index (χ1) is 13.4. The number of para-hydroxylation sites is 1. The third-order valence-corrected chi connectivity index (χ3v) is 4.51. The number of allylic oxidation sites excluding steroid dienone is 1.